The average Bonchev–Trinajstić information content (AvgIpc) is 3.29. The second-order valence-corrected chi connectivity index (χ2v) is 12.0. The van der Waals surface area contributed by atoms with Gasteiger partial charge in [0.1, 0.15) is 10.5 Å². The van der Waals surface area contributed by atoms with E-state index in [9.17, 15) is 22.8 Å². The molecule has 0 unspecified atom stereocenters. The van der Waals surface area contributed by atoms with Crippen LogP contribution in [0.1, 0.15) is 66.7 Å². The molecule has 0 radical (unpaired) electrons. The van der Waals surface area contributed by atoms with Gasteiger partial charge in [-0.15, -0.1) is 0 Å². The van der Waals surface area contributed by atoms with Crippen LogP contribution in [0.4, 0.5) is 10.5 Å². The van der Waals surface area contributed by atoms with E-state index in [1.54, 1.807) is 68.9 Å². The number of aromatic nitrogens is 2. The van der Waals surface area contributed by atoms with Crippen molar-refractivity contribution < 1.29 is 27.5 Å². The molecule has 0 aliphatic rings. The van der Waals surface area contributed by atoms with Crippen LogP contribution in [0.3, 0.4) is 0 Å². The van der Waals surface area contributed by atoms with Crippen molar-refractivity contribution in [3.8, 4) is 0 Å². The first-order chi connectivity index (χ1) is 18.8. The molecular weight excluding hydrogens is 532 g/mol. The molecule has 0 aliphatic carbocycles. The maximum atomic E-state index is 13.8. The highest BCUT2D eigenvalue weighted by atomic mass is 32.2. The van der Waals surface area contributed by atoms with E-state index in [-0.39, 0.29) is 39.9 Å². The van der Waals surface area contributed by atoms with Gasteiger partial charge in [0.25, 0.3) is 5.91 Å². The Hall–Kier alpha value is -3.99. The fourth-order valence-corrected chi connectivity index (χ4v) is 6.03. The predicted octanol–water partition coefficient (Wildman–Crippen LogP) is 4.45. The Morgan fingerprint density at radius 2 is 1.70 bits per heavy atom. The molecule has 0 fully saturated rings. The summed E-state index contributed by atoms with van der Waals surface area (Å²) in [5.74, 6) is -0.388. The quantitative estimate of drug-likeness (QED) is 0.358. The molecule has 0 saturated carbocycles. The zero-order valence-electron chi connectivity index (χ0n) is 23.7. The second kappa shape index (κ2) is 12.5. The summed E-state index contributed by atoms with van der Waals surface area (Å²) in [5, 5.41) is 7.22. The normalized spacial score (nSPS) is 11.7. The third kappa shape index (κ3) is 6.77. The van der Waals surface area contributed by atoms with Gasteiger partial charge < -0.3 is 15.0 Å². The number of hydrogen-bond donors (Lipinski definition) is 1. The van der Waals surface area contributed by atoms with E-state index in [0.29, 0.717) is 36.2 Å². The third-order valence-corrected chi connectivity index (χ3v) is 8.07. The maximum Gasteiger partial charge on any atom is 0.407 e. The topological polar surface area (TPSA) is 128 Å². The molecule has 0 bridgehead atoms. The molecule has 2 amide bonds. The van der Waals surface area contributed by atoms with Crippen LogP contribution in [0.2, 0.25) is 0 Å². The average molecular weight is 569 g/mol. The summed E-state index contributed by atoms with van der Waals surface area (Å²) in [6.07, 6.45) is 0.889. The van der Waals surface area contributed by atoms with Gasteiger partial charge in [-0.3, -0.25) is 14.3 Å². The second-order valence-electron chi connectivity index (χ2n) is 10.1. The van der Waals surface area contributed by atoms with Crippen LogP contribution >= 0.6 is 0 Å². The van der Waals surface area contributed by atoms with Crippen molar-refractivity contribution in [1.29, 1.82) is 0 Å². The zero-order valence-corrected chi connectivity index (χ0v) is 24.5. The lowest BCUT2D eigenvalue weighted by Crippen LogP contribution is -2.34. The van der Waals surface area contributed by atoms with Gasteiger partial charge in [0.2, 0.25) is 9.84 Å². The molecular formula is C29H36N4O6S. The number of hydrogen-bond acceptors (Lipinski definition) is 7. The first-order valence-electron chi connectivity index (χ1n) is 13.1. The van der Waals surface area contributed by atoms with E-state index in [4.69, 9.17) is 4.74 Å². The predicted molar refractivity (Wildman–Crippen MR) is 152 cm³/mol. The molecule has 10 nitrogen and oxygen atoms in total. The van der Waals surface area contributed by atoms with Crippen LogP contribution < -0.4 is 10.2 Å². The fourth-order valence-electron chi connectivity index (χ4n) is 4.24. The van der Waals surface area contributed by atoms with Crippen LogP contribution in [0.25, 0.3) is 0 Å². The SMILES string of the molecule is CCc1nn(CCNC(=O)OC(C)(C)C)c(CC)c1S(=O)(=O)c1ccc(N(C)C(=O)c2ccccc2C=O)cc1. The number of aryl methyl sites for hydroxylation is 1. The minimum Gasteiger partial charge on any atom is -0.444 e. The Labute approximate surface area is 235 Å². The van der Waals surface area contributed by atoms with Crippen LogP contribution in [0, 0.1) is 0 Å². The van der Waals surface area contributed by atoms with Crippen LogP contribution in [-0.2, 0) is 34.0 Å². The number of alkyl carbamates (subject to hydrolysis) is 1. The lowest BCUT2D eigenvalue weighted by atomic mass is 10.1. The van der Waals surface area contributed by atoms with Gasteiger partial charge in [-0.25, -0.2) is 13.2 Å². The fraction of sp³-hybridized carbons (Fsp3) is 0.379. The van der Waals surface area contributed by atoms with E-state index >= 15 is 0 Å². The molecule has 11 heteroatoms. The van der Waals surface area contributed by atoms with Crippen LogP contribution in [-0.4, -0.2) is 55.7 Å². The van der Waals surface area contributed by atoms with Crippen molar-refractivity contribution in [3.63, 3.8) is 0 Å². The summed E-state index contributed by atoms with van der Waals surface area (Å²) in [4.78, 5) is 38.0. The number of ether oxygens (including phenoxy) is 1. The summed E-state index contributed by atoms with van der Waals surface area (Å²) in [7, 11) is -2.38. The summed E-state index contributed by atoms with van der Waals surface area (Å²) in [5.41, 5.74) is 1.36. The molecule has 40 heavy (non-hydrogen) atoms. The van der Waals surface area contributed by atoms with Crippen molar-refractivity contribution in [2.24, 2.45) is 0 Å². The highest BCUT2D eigenvalue weighted by Gasteiger charge is 2.29. The number of aldehydes is 1. The number of sulfone groups is 1. The molecule has 214 valence electrons. The molecule has 1 heterocycles. The molecule has 0 spiro atoms. The monoisotopic (exact) mass is 568 g/mol. The summed E-state index contributed by atoms with van der Waals surface area (Å²) in [6.45, 7) is 9.51. The van der Waals surface area contributed by atoms with E-state index < -0.39 is 21.5 Å². The number of amides is 2. The summed E-state index contributed by atoms with van der Waals surface area (Å²) >= 11 is 0. The van der Waals surface area contributed by atoms with Gasteiger partial charge in [0.15, 0.2) is 6.29 Å². The molecule has 0 atom stereocenters. The standard InChI is InChI=1S/C29H36N4O6S/c1-7-24-26(25(8-2)33(31-24)18-17-30-28(36)39-29(3,4)5)40(37,38)22-15-13-21(14-16-22)32(6)27(35)23-12-10-9-11-20(23)19-34/h9-16,19H,7-8,17-18H2,1-6H3,(H,30,36). The largest absolute Gasteiger partial charge is 0.444 e. The van der Waals surface area contributed by atoms with Crippen molar-refractivity contribution in [2.75, 3.05) is 18.5 Å². The number of carbonyl (C=O) groups excluding carboxylic acids is 3. The van der Waals surface area contributed by atoms with Gasteiger partial charge in [-0.2, -0.15) is 5.10 Å². The lowest BCUT2D eigenvalue weighted by Gasteiger charge is -2.19. The van der Waals surface area contributed by atoms with E-state index in [0.717, 1.165) is 0 Å². The smallest absolute Gasteiger partial charge is 0.407 e. The highest BCUT2D eigenvalue weighted by Crippen LogP contribution is 2.30. The minimum atomic E-state index is -3.94. The summed E-state index contributed by atoms with van der Waals surface area (Å²) < 4.78 is 34.5. The number of rotatable bonds is 10. The number of nitrogens with one attached hydrogen (secondary N) is 1. The Morgan fingerprint density at radius 3 is 2.27 bits per heavy atom. The zero-order chi connectivity index (χ0) is 29.7. The molecule has 1 N–H and O–H groups in total. The number of anilines is 1. The third-order valence-electron chi connectivity index (χ3n) is 6.16. The van der Waals surface area contributed by atoms with Crippen molar-refractivity contribution in [1.82, 2.24) is 15.1 Å². The highest BCUT2D eigenvalue weighted by molar-refractivity contribution is 7.91. The van der Waals surface area contributed by atoms with Crippen molar-refractivity contribution in [2.45, 2.75) is 69.4 Å². The lowest BCUT2D eigenvalue weighted by molar-refractivity contribution is 0.0525. The Bertz CT molecular complexity index is 1490. The first kappa shape index (κ1) is 30.6. The van der Waals surface area contributed by atoms with Gasteiger partial charge in [-0.1, -0.05) is 32.0 Å². The van der Waals surface area contributed by atoms with Crippen LogP contribution in [0.15, 0.2) is 58.3 Å². The van der Waals surface area contributed by atoms with Crippen LogP contribution in [0.5, 0.6) is 0 Å². The molecule has 3 rings (SSSR count). The summed E-state index contributed by atoms with van der Waals surface area (Å²) in [6, 6.07) is 12.5. The molecule has 1 aromatic heterocycles. The molecule has 3 aromatic rings. The maximum absolute atomic E-state index is 13.8. The van der Waals surface area contributed by atoms with Gasteiger partial charge in [0, 0.05) is 24.8 Å². The van der Waals surface area contributed by atoms with Gasteiger partial charge in [0.05, 0.1) is 28.4 Å². The van der Waals surface area contributed by atoms with Crippen molar-refractivity contribution >= 4 is 33.8 Å². The first-order valence-corrected chi connectivity index (χ1v) is 14.5. The number of benzene rings is 2. The number of nitrogens with zero attached hydrogens (tertiary/aromatic N) is 3. The Kier molecular flexibility index (Phi) is 9.52. The minimum absolute atomic E-state index is 0.0706. The number of carbonyl (C=O) groups is 3. The van der Waals surface area contributed by atoms with E-state index in [1.807, 2.05) is 13.8 Å². The van der Waals surface area contributed by atoms with Crippen molar-refractivity contribution in [3.05, 3.63) is 71.0 Å². The van der Waals surface area contributed by atoms with Gasteiger partial charge in [-0.05, 0) is 63.9 Å². The molecule has 2 aromatic carbocycles. The molecule has 0 aliphatic heterocycles. The Morgan fingerprint density at radius 1 is 1.05 bits per heavy atom. The van der Waals surface area contributed by atoms with E-state index in [2.05, 4.69) is 10.4 Å². The molecule has 0 saturated heterocycles. The van der Waals surface area contributed by atoms with E-state index in [1.165, 1.54) is 17.0 Å². The van der Waals surface area contributed by atoms with Gasteiger partial charge >= 0.3 is 6.09 Å². The Balaban J connectivity index is 1.86.